The molecule has 6 heteroatoms. The highest BCUT2D eigenvalue weighted by atomic mass is 79.9. The minimum Gasteiger partial charge on any atom is -0.481 e. The van der Waals surface area contributed by atoms with Gasteiger partial charge >= 0.3 is 5.97 Å². The summed E-state index contributed by atoms with van der Waals surface area (Å²) >= 11 is 3.42. The second kappa shape index (κ2) is 5.63. The molecule has 1 N–H and O–H groups in total. The first-order valence-corrected chi connectivity index (χ1v) is 8.47. The summed E-state index contributed by atoms with van der Waals surface area (Å²) in [7, 11) is 0. The number of amides is 1. The number of carboxylic acid groups (broad SMARTS) is 1. The van der Waals surface area contributed by atoms with Crippen molar-refractivity contribution in [3.63, 3.8) is 0 Å². The SMILES string of the molecule is O=C(O)[C@@H]1CCC(=O)N2c3cc(Br)ccc3Oc3ccccc3[C@@H]12. The predicted octanol–water partition coefficient (Wildman–Crippen LogP) is 4.12. The van der Waals surface area contributed by atoms with Crippen molar-refractivity contribution in [2.75, 3.05) is 4.90 Å². The quantitative estimate of drug-likeness (QED) is 0.798. The summed E-state index contributed by atoms with van der Waals surface area (Å²) in [4.78, 5) is 26.1. The van der Waals surface area contributed by atoms with Crippen LogP contribution in [0.4, 0.5) is 5.69 Å². The minimum absolute atomic E-state index is 0.0860. The van der Waals surface area contributed by atoms with E-state index in [0.29, 0.717) is 23.6 Å². The Bertz CT molecular complexity index is 851. The zero-order valence-corrected chi connectivity index (χ0v) is 14.2. The van der Waals surface area contributed by atoms with Gasteiger partial charge in [0.05, 0.1) is 17.6 Å². The second-order valence-electron chi connectivity index (χ2n) is 5.94. The Morgan fingerprint density at radius 3 is 2.79 bits per heavy atom. The number of aliphatic carboxylic acids is 1. The summed E-state index contributed by atoms with van der Waals surface area (Å²) in [6.07, 6.45) is 0.536. The lowest BCUT2D eigenvalue weighted by molar-refractivity contribution is -0.144. The molecular formula is C18H14BrNO4. The monoisotopic (exact) mass is 387 g/mol. The zero-order chi connectivity index (χ0) is 16.8. The summed E-state index contributed by atoms with van der Waals surface area (Å²) in [5.74, 6) is -0.512. The number of carbonyl (C=O) groups excluding carboxylic acids is 1. The number of fused-ring (bicyclic) bond motifs is 5. The van der Waals surface area contributed by atoms with E-state index in [1.807, 2.05) is 30.3 Å². The largest absolute Gasteiger partial charge is 0.481 e. The van der Waals surface area contributed by atoms with Crippen molar-refractivity contribution in [2.24, 2.45) is 5.92 Å². The summed E-state index contributed by atoms with van der Waals surface area (Å²) in [6.45, 7) is 0. The Balaban J connectivity index is 2.00. The van der Waals surface area contributed by atoms with Crippen LogP contribution in [0.25, 0.3) is 0 Å². The fourth-order valence-corrected chi connectivity index (χ4v) is 3.84. The van der Waals surface area contributed by atoms with Crippen LogP contribution in [0.3, 0.4) is 0 Å². The molecule has 0 aliphatic carbocycles. The third-order valence-electron chi connectivity index (χ3n) is 4.55. The third kappa shape index (κ3) is 2.29. The van der Waals surface area contributed by atoms with Crippen molar-refractivity contribution in [1.29, 1.82) is 0 Å². The molecule has 2 aromatic carbocycles. The first-order valence-electron chi connectivity index (χ1n) is 7.67. The van der Waals surface area contributed by atoms with Crippen molar-refractivity contribution in [2.45, 2.75) is 18.9 Å². The molecule has 0 unspecified atom stereocenters. The smallest absolute Gasteiger partial charge is 0.308 e. The molecule has 2 aliphatic heterocycles. The number of benzene rings is 2. The van der Waals surface area contributed by atoms with Gasteiger partial charge in [-0.1, -0.05) is 34.1 Å². The van der Waals surface area contributed by atoms with Crippen LogP contribution in [-0.2, 0) is 9.59 Å². The van der Waals surface area contributed by atoms with Crippen molar-refractivity contribution in [3.8, 4) is 11.5 Å². The van der Waals surface area contributed by atoms with Crippen molar-refractivity contribution in [3.05, 3.63) is 52.5 Å². The number of carboxylic acids is 1. The minimum atomic E-state index is -0.897. The van der Waals surface area contributed by atoms with Gasteiger partial charge in [0.15, 0.2) is 5.75 Å². The van der Waals surface area contributed by atoms with Gasteiger partial charge in [-0.3, -0.25) is 9.59 Å². The fraction of sp³-hybridized carbons (Fsp3) is 0.222. The topological polar surface area (TPSA) is 66.8 Å². The predicted molar refractivity (Wildman–Crippen MR) is 91.2 cm³/mol. The molecule has 0 bridgehead atoms. The highest BCUT2D eigenvalue weighted by molar-refractivity contribution is 9.10. The lowest BCUT2D eigenvalue weighted by Gasteiger charge is -2.38. The van der Waals surface area contributed by atoms with E-state index in [4.69, 9.17) is 4.74 Å². The molecule has 2 aromatic rings. The number of nitrogens with zero attached hydrogens (tertiary/aromatic N) is 1. The highest BCUT2D eigenvalue weighted by Gasteiger charge is 2.45. The van der Waals surface area contributed by atoms with E-state index < -0.39 is 17.9 Å². The molecule has 2 aliphatic rings. The van der Waals surface area contributed by atoms with Gasteiger partial charge in [0, 0.05) is 16.5 Å². The molecule has 1 fully saturated rings. The molecule has 2 heterocycles. The maximum Gasteiger partial charge on any atom is 0.308 e. The fourth-order valence-electron chi connectivity index (χ4n) is 3.49. The molecule has 0 aromatic heterocycles. The average Bonchev–Trinajstić information content (AvgIpc) is 2.70. The van der Waals surface area contributed by atoms with Gasteiger partial charge in [-0.25, -0.2) is 0 Å². The van der Waals surface area contributed by atoms with Crippen LogP contribution < -0.4 is 9.64 Å². The summed E-state index contributed by atoms with van der Waals surface area (Å²) in [5, 5.41) is 9.70. The average molecular weight is 388 g/mol. The van der Waals surface area contributed by atoms with Crippen molar-refractivity contribution in [1.82, 2.24) is 0 Å². The zero-order valence-electron chi connectivity index (χ0n) is 12.6. The normalized spacial score (nSPS) is 21.9. The van der Waals surface area contributed by atoms with Gasteiger partial charge in [0.1, 0.15) is 5.75 Å². The van der Waals surface area contributed by atoms with Gasteiger partial charge in [-0.15, -0.1) is 0 Å². The number of hydrogen-bond donors (Lipinski definition) is 1. The molecule has 4 rings (SSSR count). The molecule has 0 saturated carbocycles. The molecule has 2 atom stereocenters. The number of rotatable bonds is 1. The van der Waals surface area contributed by atoms with E-state index in [1.165, 1.54) is 0 Å². The van der Waals surface area contributed by atoms with Crippen LogP contribution in [0.2, 0.25) is 0 Å². The van der Waals surface area contributed by atoms with E-state index in [0.717, 1.165) is 10.0 Å². The third-order valence-corrected chi connectivity index (χ3v) is 5.05. The number of halogens is 1. The molecule has 24 heavy (non-hydrogen) atoms. The Morgan fingerprint density at radius 1 is 1.21 bits per heavy atom. The van der Waals surface area contributed by atoms with Crippen LogP contribution >= 0.6 is 15.9 Å². The van der Waals surface area contributed by atoms with E-state index in [2.05, 4.69) is 15.9 Å². The molecule has 0 spiro atoms. The van der Waals surface area contributed by atoms with E-state index in [-0.39, 0.29) is 12.3 Å². The first kappa shape index (κ1) is 15.2. The molecule has 1 amide bonds. The van der Waals surface area contributed by atoms with Crippen LogP contribution in [0.5, 0.6) is 11.5 Å². The van der Waals surface area contributed by atoms with E-state index in [1.54, 1.807) is 17.0 Å². The van der Waals surface area contributed by atoms with Gasteiger partial charge in [-0.2, -0.15) is 0 Å². The highest BCUT2D eigenvalue weighted by Crippen LogP contribution is 2.50. The number of hydrogen-bond acceptors (Lipinski definition) is 3. The Labute approximate surface area is 147 Å². The van der Waals surface area contributed by atoms with Crippen molar-refractivity contribution >= 4 is 33.5 Å². The van der Waals surface area contributed by atoms with E-state index in [9.17, 15) is 14.7 Å². The summed E-state index contributed by atoms with van der Waals surface area (Å²) in [5.41, 5.74) is 1.33. The number of anilines is 1. The van der Waals surface area contributed by atoms with Crippen LogP contribution in [0.15, 0.2) is 46.9 Å². The molecule has 5 nitrogen and oxygen atoms in total. The second-order valence-corrected chi connectivity index (χ2v) is 6.86. The maximum absolute atomic E-state index is 12.7. The Morgan fingerprint density at radius 2 is 2.00 bits per heavy atom. The number of para-hydroxylation sites is 1. The summed E-state index contributed by atoms with van der Waals surface area (Å²) < 4.78 is 6.82. The maximum atomic E-state index is 12.7. The Hall–Kier alpha value is -2.34. The van der Waals surface area contributed by atoms with Crippen LogP contribution in [-0.4, -0.2) is 17.0 Å². The van der Waals surface area contributed by atoms with Gasteiger partial charge < -0.3 is 14.7 Å². The molecular weight excluding hydrogens is 374 g/mol. The standard InChI is InChI=1S/C18H14BrNO4/c19-10-5-7-15-13(9-10)20-16(21)8-6-12(18(22)23)17(20)11-3-1-2-4-14(11)24-15/h1-5,7,9,12,17H,6,8H2,(H,22,23)/t12-,17+/m1/s1. The molecule has 0 radical (unpaired) electrons. The van der Waals surface area contributed by atoms with Gasteiger partial charge in [0.2, 0.25) is 5.91 Å². The molecule has 1 saturated heterocycles. The lowest BCUT2D eigenvalue weighted by Crippen LogP contribution is -2.45. The van der Waals surface area contributed by atoms with Crippen molar-refractivity contribution < 1.29 is 19.4 Å². The van der Waals surface area contributed by atoms with Gasteiger partial charge in [0.25, 0.3) is 0 Å². The lowest BCUT2D eigenvalue weighted by atomic mass is 9.83. The number of ether oxygens (including phenoxy) is 1. The van der Waals surface area contributed by atoms with Crippen LogP contribution in [0, 0.1) is 5.92 Å². The van der Waals surface area contributed by atoms with E-state index >= 15 is 0 Å². The number of piperidine rings is 1. The molecule has 122 valence electrons. The number of carbonyl (C=O) groups is 2. The van der Waals surface area contributed by atoms with Gasteiger partial charge in [-0.05, 0) is 30.7 Å². The van der Waals surface area contributed by atoms with Crippen LogP contribution in [0.1, 0.15) is 24.4 Å². The Kier molecular flexibility index (Phi) is 3.57. The first-order chi connectivity index (χ1) is 11.6. The summed E-state index contributed by atoms with van der Waals surface area (Å²) in [6, 6.07) is 12.2.